The minimum atomic E-state index is -4.95. The minimum Gasteiger partial charge on any atom is -0.298 e. The maximum atomic E-state index is 14.1. The van der Waals surface area contributed by atoms with E-state index in [1.165, 1.54) is 0 Å². The lowest BCUT2D eigenvalue weighted by Crippen LogP contribution is -2.39. The van der Waals surface area contributed by atoms with Crippen LogP contribution in [0.5, 0.6) is 0 Å². The van der Waals surface area contributed by atoms with E-state index in [1.54, 1.807) is 0 Å². The van der Waals surface area contributed by atoms with Crippen LogP contribution in [0.25, 0.3) is 5.69 Å². The molecule has 0 unspecified atom stereocenters. The number of aldehydes is 1. The summed E-state index contributed by atoms with van der Waals surface area (Å²) in [5, 5.41) is -0.226. The maximum absolute atomic E-state index is 14.1. The predicted molar refractivity (Wildman–Crippen MR) is 78.5 cm³/mol. The fourth-order valence-corrected chi connectivity index (χ4v) is 2.20. The standard InChI is InChI=1S/C14H9ClF4N2O4/c1-20-8(6-25-14(17,18)19)3-12(23)21(13(20)24)11-2-7(5-22)9(15)4-10(11)16/h2-5H,6H2,1H3. The number of nitrogens with zero attached hydrogens (tertiary/aromatic N) is 2. The molecule has 1 heterocycles. The second-order valence-electron chi connectivity index (χ2n) is 4.83. The van der Waals surface area contributed by atoms with E-state index < -0.39 is 35.7 Å². The van der Waals surface area contributed by atoms with Gasteiger partial charge in [0.25, 0.3) is 5.56 Å². The van der Waals surface area contributed by atoms with E-state index >= 15 is 0 Å². The molecule has 0 radical (unpaired) electrons. The van der Waals surface area contributed by atoms with Gasteiger partial charge in [0.1, 0.15) is 5.82 Å². The van der Waals surface area contributed by atoms with Crippen molar-refractivity contribution in [1.29, 1.82) is 0 Å². The van der Waals surface area contributed by atoms with Crippen molar-refractivity contribution in [3.05, 3.63) is 61.1 Å². The Morgan fingerprint density at radius 1 is 1.24 bits per heavy atom. The van der Waals surface area contributed by atoms with Crippen molar-refractivity contribution in [3.8, 4) is 5.69 Å². The second-order valence-corrected chi connectivity index (χ2v) is 5.24. The van der Waals surface area contributed by atoms with E-state index in [-0.39, 0.29) is 16.3 Å². The molecule has 0 amide bonds. The molecule has 25 heavy (non-hydrogen) atoms. The molecule has 0 bridgehead atoms. The summed E-state index contributed by atoms with van der Waals surface area (Å²) >= 11 is 5.64. The lowest BCUT2D eigenvalue weighted by atomic mass is 10.2. The lowest BCUT2D eigenvalue weighted by Gasteiger charge is -2.14. The summed E-state index contributed by atoms with van der Waals surface area (Å²) in [6, 6.07) is 2.33. The van der Waals surface area contributed by atoms with Crippen molar-refractivity contribution >= 4 is 17.9 Å². The van der Waals surface area contributed by atoms with Gasteiger partial charge in [-0.1, -0.05) is 11.6 Å². The normalized spacial score (nSPS) is 11.6. The molecule has 0 atom stereocenters. The SMILES string of the molecule is Cn1c(COC(F)(F)F)cc(=O)n(-c2cc(C=O)c(Cl)cc2F)c1=O. The maximum Gasteiger partial charge on any atom is 0.522 e. The van der Waals surface area contributed by atoms with Crippen molar-refractivity contribution in [2.75, 3.05) is 0 Å². The lowest BCUT2D eigenvalue weighted by molar-refractivity contribution is -0.330. The van der Waals surface area contributed by atoms with E-state index in [0.717, 1.165) is 19.2 Å². The summed E-state index contributed by atoms with van der Waals surface area (Å²) in [6.07, 6.45) is -4.65. The molecule has 1 aromatic heterocycles. The van der Waals surface area contributed by atoms with Crippen LogP contribution in [0.4, 0.5) is 17.6 Å². The van der Waals surface area contributed by atoms with E-state index in [0.29, 0.717) is 21.5 Å². The van der Waals surface area contributed by atoms with Gasteiger partial charge < -0.3 is 0 Å². The van der Waals surface area contributed by atoms with Gasteiger partial charge in [0.15, 0.2) is 6.29 Å². The molecule has 0 aliphatic carbocycles. The molecule has 0 saturated carbocycles. The van der Waals surface area contributed by atoms with Crippen LogP contribution in [0.1, 0.15) is 16.1 Å². The van der Waals surface area contributed by atoms with Crippen LogP contribution in [-0.4, -0.2) is 21.8 Å². The summed E-state index contributed by atoms with van der Waals surface area (Å²) in [5.74, 6) is -1.06. The second kappa shape index (κ2) is 6.81. The first-order valence-corrected chi connectivity index (χ1v) is 6.90. The number of rotatable bonds is 4. The molecule has 6 nitrogen and oxygen atoms in total. The number of hydrogen-bond acceptors (Lipinski definition) is 4. The Labute approximate surface area is 141 Å². The first-order valence-electron chi connectivity index (χ1n) is 6.52. The Morgan fingerprint density at radius 3 is 2.44 bits per heavy atom. The van der Waals surface area contributed by atoms with Gasteiger partial charge in [-0.2, -0.15) is 0 Å². The first kappa shape index (κ1) is 18.9. The minimum absolute atomic E-state index is 0.170. The van der Waals surface area contributed by atoms with E-state index in [4.69, 9.17) is 11.6 Å². The smallest absolute Gasteiger partial charge is 0.298 e. The van der Waals surface area contributed by atoms with Crippen LogP contribution in [0, 0.1) is 5.82 Å². The van der Waals surface area contributed by atoms with Gasteiger partial charge in [-0.25, -0.2) is 13.8 Å². The van der Waals surface area contributed by atoms with Gasteiger partial charge in [0.2, 0.25) is 0 Å². The van der Waals surface area contributed by atoms with Crippen molar-refractivity contribution in [3.63, 3.8) is 0 Å². The van der Waals surface area contributed by atoms with Crippen molar-refractivity contribution < 1.29 is 27.1 Å². The zero-order valence-electron chi connectivity index (χ0n) is 12.4. The van der Waals surface area contributed by atoms with Gasteiger partial charge >= 0.3 is 12.1 Å². The van der Waals surface area contributed by atoms with Crippen LogP contribution in [0.2, 0.25) is 5.02 Å². The number of aromatic nitrogens is 2. The van der Waals surface area contributed by atoms with Crippen LogP contribution in [0.15, 0.2) is 27.8 Å². The number of halogens is 5. The Morgan fingerprint density at radius 2 is 1.88 bits per heavy atom. The average Bonchev–Trinajstić information content (AvgIpc) is 2.50. The largest absolute Gasteiger partial charge is 0.522 e. The topological polar surface area (TPSA) is 70.3 Å². The zero-order valence-corrected chi connectivity index (χ0v) is 13.2. The average molecular weight is 381 g/mol. The highest BCUT2D eigenvalue weighted by molar-refractivity contribution is 6.33. The highest BCUT2D eigenvalue weighted by atomic mass is 35.5. The zero-order chi connectivity index (χ0) is 18.9. The summed E-state index contributed by atoms with van der Waals surface area (Å²) in [4.78, 5) is 35.3. The Kier molecular flexibility index (Phi) is 5.14. The van der Waals surface area contributed by atoms with Gasteiger partial charge in [-0.3, -0.25) is 18.9 Å². The number of carbonyl (C=O) groups is 1. The van der Waals surface area contributed by atoms with Gasteiger partial charge in [-0.15, -0.1) is 13.2 Å². The molecule has 0 spiro atoms. The summed E-state index contributed by atoms with van der Waals surface area (Å²) < 4.78 is 55.0. The van der Waals surface area contributed by atoms with Crippen LogP contribution in [0.3, 0.4) is 0 Å². The molecular weight excluding hydrogens is 372 g/mol. The fourth-order valence-electron chi connectivity index (χ4n) is 2.00. The first-order chi connectivity index (χ1) is 11.5. The molecule has 2 aromatic rings. The van der Waals surface area contributed by atoms with Gasteiger partial charge in [-0.05, 0) is 12.1 Å². The Balaban J connectivity index is 2.62. The number of hydrogen-bond donors (Lipinski definition) is 0. The molecule has 11 heteroatoms. The number of ether oxygens (including phenoxy) is 1. The van der Waals surface area contributed by atoms with Crippen LogP contribution >= 0.6 is 11.6 Å². The predicted octanol–water partition coefficient (Wildman–Crippen LogP) is 2.18. The van der Waals surface area contributed by atoms with E-state index in [1.807, 2.05) is 0 Å². The van der Waals surface area contributed by atoms with Gasteiger partial charge in [0, 0.05) is 18.7 Å². The third-order valence-corrected chi connectivity index (χ3v) is 3.56. The highest BCUT2D eigenvalue weighted by Gasteiger charge is 2.29. The number of carbonyl (C=O) groups excluding carboxylic acids is 1. The number of alkyl halides is 3. The molecule has 2 rings (SSSR count). The van der Waals surface area contributed by atoms with E-state index in [9.17, 15) is 31.9 Å². The van der Waals surface area contributed by atoms with Crippen LogP contribution in [-0.2, 0) is 18.4 Å². The van der Waals surface area contributed by atoms with Crippen molar-refractivity contribution in [2.45, 2.75) is 13.0 Å². The highest BCUT2D eigenvalue weighted by Crippen LogP contribution is 2.21. The van der Waals surface area contributed by atoms with E-state index in [2.05, 4.69) is 4.74 Å². The monoisotopic (exact) mass is 380 g/mol. The summed E-state index contributed by atoms with van der Waals surface area (Å²) in [7, 11) is 1.09. The Hall–Kier alpha value is -2.46. The van der Waals surface area contributed by atoms with Gasteiger partial charge in [0.05, 0.1) is 23.0 Å². The molecule has 134 valence electrons. The van der Waals surface area contributed by atoms with Crippen molar-refractivity contribution in [2.24, 2.45) is 7.05 Å². The number of benzene rings is 1. The molecule has 1 aromatic carbocycles. The Bertz CT molecular complexity index is 950. The fraction of sp³-hybridized carbons (Fsp3) is 0.214. The third-order valence-electron chi connectivity index (χ3n) is 3.24. The molecule has 0 fully saturated rings. The van der Waals surface area contributed by atoms with Crippen molar-refractivity contribution in [1.82, 2.24) is 9.13 Å². The molecule has 0 aliphatic heterocycles. The molecule has 0 saturated heterocycles. The summed E-state index contributed by atoms with van der Waals surface area (Å²) in [5.41, 5.74) is -3.31. The molecule has 0 N–H and O–H groups in total. The van der Waals surface area contributed by atoms with Crippen LogP contribution < -0.4 is 11.2 Å². The molecular formula is C14H9ClF4N2O4. The quantitative estimate of drug-likeness (QED) is 0.602. The third kappa shape index (κ3) is 3.97. The molecule has 0 aliphatic rings. The summed E-state index contributed by atoms with van der Waals surface area (Å²) in [6.45, 7) is -1.08.